The molecule has 39 heavy (non-hydrogen) atoms. The molecule has 5 rings (SSSR count). The van der Waals surface area contributed by atoms with Crippen molar-refractivity contribution in [1.82, 2.24) is 24.7 Å². The van der Waals surface area contributed by atoms with Crippen molar-refractivity contribution in [1.29, 1.82) is 0 Å². The summed E-state index contributed by atoms with van der Waals surface area (Å²) in [7, 11) is -4.07. The van der Waals surface area contributed by atoms with Crippen LogP contribution in [0.2, 0.25) is 0 Å². The molecule has 0 atom stereocenters. The van der Waals surface area contributed by atoms with Crippen molar-refractivity contribution in [2.75, 3.05) is 18.0 Å². The van der Waals surface area contributed by atoms with E-state index in [-0.39, 0.29) is 30.4 Å². The number of hydrogen-bond donors (Lipinski definition) is 1. The molecule has 2 N–H and O–H groups in total. The van der Waals surface area contributed by atoms with Crippen LogP contribution >= 0.6 is 0 Å². The monoisotopic (exact) mass is 557 g/mol. The Morgan fingerprint density at radius 3 is 2.69 bits per heavy atom. The number of aromatic nitrogens is 5. The van der Waals surface area contributed by atoms with Gasteiger partial charge in [-0.15, -0.1) is 0 Å². The smallest absolute Gasteiger partial charge is 0.324 e. The fraction of sp³-hybridized carbons (Fsp3) is 0.400. The second kappa shape index (κ2) is 10.7. The number of Topliss-reactive ketones (excluding diaryl/α,β-unsaturated/α-hetero) is 1. The second-order valence-electron chi connectivity index (χ2n) is 9.69. The molecular formula is C25H28FN7O5S. The number of piperidine rings is 1. The molecule has 4 aromatic rings. The van der Waals surface area contributed by atoms with E-state index < -0.39 is 26.5 Å². The van der Waals surface area contributed by atoms with Gasteiger partial charge in [-0.05, 0) is 24.6 Å². The van der Waals surface area contributed by atoms with Gasteiger partial charge in [0.15, 0.2) is 17.3 Å². The summed E-state index contributed by atoms with van der Waals surface area (Å²) in [6.07, 6.45) is 4.92. The Morgan fingerprint density at radius 2 is 2.03 bits per heavy atom. The number of ether oxygens (including phenoxy) is 1. The third kappa shape index (κ3) is 5.76. The predicted molar refractivity (Wildman–Crippen MR) is 138 cm³/mol. The highest BCUT2D eigenvalue weighted by Crippen LogP contribution is 2.25. The van der Waals surface area contributed by atoms with Crippen LogP contribution in [0.4, 0.5) is 10.4 Å². The van der Waals surface area contributed by atoms with Crippen LogP contribution in [0.1, 0.15) is 60.8 Å². The van der Waals surface area contributed by atoms with E-state index in [4.69, 9.17) is 14.4 Å². The summed E-state index contributed by atoms with van der Waals surface area (Å²) in [5.74, 6) is -0.0106. The number of halogens is 1. The first-order valence-corrected chi connectivity index (χ1v) is 14.1. The lowest BCUT2D eigenvalue weighted by Crippen LogP contribution is -2.38. The molecule has 0 bridgehead atoms. The molecule has 1 saturated heterocycles. The van der Waals surface area contributed by atoms with Crippen molar-refractivity contribution in [3.05, 3.63) is 59.4 Å². The van der Waals surface area contributed by atoms with Crippen LogP contribution in [0.15, 0.2) is 46.1 Å². The Labute approximate surface area is 224 Å². The second-order valence-corrected chi connectivity index (χ2v) is 11.3. The van der Waals surface area contributed by atoms with Gasteiger partial charge >= 0.3 is 6.01 Å². The molecule has 206 valence electrons. The zero-order valence-electron chi connectivity index (χ0n) is 21.4. The van der Waals surface area contributed by atoms with Crippen LogP contribution in [0.3, 0.4) is 0 Å². The van der Waals surface area contributed by atoms with Crippen molar-refractivity contribution in [2.45, 2.75) is 56.4 Å². The zero-order valence-corrected chi connectivity index (χ0v) is 22.3. The lowest BCUT2D eigenvalue weighted by atomic mass is 10.0. The van der Waals surface area contributed by atoms with Crippen LogP contribution in [-0.2, 0) is 16.4 Å². The third-order valence-electron chi connectivity index (χ3n) is 6.58. The Bertz CT molecular complexity index is 1610. The van der Waals surface area contributed by atoms with Crippen molar-refractivity contribution in [3.8, 4) is 5.88 Å². The number of sulfonamides is 1. The largest absolute Gasteiger partial charge is 0.474 e. The molecule has 0 radical (unpaired) electrons. The van der Waals surface area contributed by atoms with E-state index in [9.17, 15) is 17.6 Å². The van der Waals surface area contributed by atoms with E-state index in [1.165, 1.54) is 0 Å². The zero-order chi connectivity index (χ0) is 27.7. The first kappa shape index (κ1) is 26.7. The number of benzene rings is 1. The molecule has 14 heteroatoms. The highest BCUT2D eigenvalue weighted by Gasteiger charge is 2.26. The average Bonchev–Trinajstić information content (AvgIpc) is 3.56. The fourth-order valence-electron chi connectivity index (χ4n) is 4.39. The fourth-order valence-corrected chi connectivity index (χ4v) is 4.91. The highest BCUT2D eigenvalue weighted by molar-refractivity contribution is 7.89. The minimum absolute atomic E-state index is 0.0214. The molecule has 4 heterocycles. The summed E-state index contributed by atoms with van der Waals surface area (Å²) in [5.41, 5.74) is 1.03. The third-order valence-corrected chi connectivity index (χ3v) is 7.49. The minimum Gasteiger partial charge on any atom is -0.474 e. The number of primary sulfonamides is 1. The number of aryl methyl sites for hydroxylation is 1. The SMILES string of the molecule is CC(C)c1noc(N2CCC(Oc3ccnc4c(CCC(=O)c5ccc(S(N)(=O)=O)cc5F)cnn34)CC2)n1. The maximum Gasteiger partial charge on any atom is 0.324 e. The summed E-state index contributed by atoms with van der Waals surface area (Å²) in [6.45, 7) is 5.44. The van der Waals surface area contributed by atoms with Crippen LogP contribution in [0, 0.1) is 5.82 Å². The lowest BCUT2D eigenvalue weighted by Gasteiger charge is -2.30. The topological polar surface area (TPSA) is 159 Å². The van der Waals surface area contributed by atoms with Gasteiger partial charge < -0.3 is 14.2 Å². The number of nitrogens with two attached hydrogens (primary N) is 1. The number of nitrogens with zero attached hydrogens (tertiary/aromatic N) is 6. The Hall–Kier alpha value is -3.91. The summed E-state index contributed by atoms with van der Waals surface area (Å²) in [4.78, 5) is 23.2. The maximum atomic E-state index is 14.4. The van der Waals surface area contributed by atoms with E-state index in [0.29, 0.717) is 42.0 Å². The van der Waals surface area contributed by atoms with Gasteiger partial charge in [0.1, 0.15) is 11.9 Å². The van der Waals surface area contributed by atoms with Gasteiger partial charge in [0, 0.05) is 56.1 Å². The number of hydrogen-bond acceptors (Lipinski definition) is 10. The molecule has 1 aliphatic heterocycles. The Balaban J connectivity index is 1.21. The standard InChI is InChI=1S/C25H28FN7O5S/c1-15(2)23-30-25(38-31-23)32-11-8-17(9-12-32)37-22-7-10-28-24-16(14-29-33(22)24)3-6-21(34)19-5-4-18(13-20(19)26)39(27,35)36/h4-5,7,10,13-15,17H,3,6,8-9,11-12H2,1-2H3,(H2,27,35,36). The molecule has 0 amide bonds. The molecule has 3 aromatic heterocycles. The van der Waals surface area contributed by atoms with E-state index in [1.54, 1.807) is 23.0 Å². The summed E-state index contributed by atoms with van der Waals surface area (Å²) in [5, 5.41) is 13.4. The Kier molecular flexibility index (Phi) is 7.32. The molecule has 0 unspecified atom stereocenters. The molecule has 1 aliphatic rings. The van der Waals surface area contributed by atoms with Crippen molar-refractivity contribution in [3.63, 3.8) is 0 Å². The van der Waals surface area contributed by atoms with Crippen LogP contribution in [0.25, 0.3) is 5.65 Å². The number of carbonyl (C=O) groups is 1. The van der Waals surface area contributed by atoms with Gasteiger partial charge in [-0.1, -0.05) is 19.0 Å². The first-order chi connectivity index (χ1) is 18.6. The van der Waals surface area contributed by atoms with E-state index >= 15 is 0 Å². The summed E-state index contributed by atoms with van der Waals surface area (Å²) in [6, 6.07) is 5.25. The average molecular weight is 558 g/mol. The van der Waals surface area contributed by atoms with Gasteiger partial charge in [-0.3, -0.25) is 4.79 Å². The molecule has 0 aliphatic carbocycles. The van der Waals surface area contributed by atoms with Crippen molar-refractivity contribution in [2.24, 2.45) is 5.14 Å². The minimum atomic E-state index is -4.07. The van der Waals surface area contributed by atoms with Gasteiger partial charge in [-0.25, -0.2) is 22.9 Å². The lowest BCUT2D eigenvalue weighted by molar-refractivity contribution is 0.0979. The van der Waals surface area contributed by atoms with Gasteiger partial charge in [0.25, 0.3) is 0 Å². The van der Waals surface area contributed by atoms with Crippen LogP contribution in [0.5, 0.6) is 5.88 Å². The van der Waals surface area contributed by atoms with E-state index in [2.05, 4.69) is 25.1 Å². The maximum absolute atomic E-state index is 14.4. The number of anilines is 1. The highest BCUT2D eigenvalue weighted by atomic mass is 32.2. The van der Waals surface area contributed by atoms with Crippen LogP contribution in [-0.4, -0.2) is 58.1 Å². The molecule has 1 fully saturated rings. The quantitative estimate of drug-likeness (QED) is 0.303. The van der Waals surface area contributed by atoms with E-state index in [1.807, 2.05) is 13.8 Å². The molecular weight excluding hydrogens is 529 g/mol. The summed E-state index contributed by atoms with van der Waals surface area (Å²) < 4.78 is 50.4. The van der Waals surface area contributed by atoms with E-state index in [0.717, 1.165) is 31.0 Å². The van der Waals surface area contributed by atoms with Gasteiger partial charge in [0.2, 0.25) is 15.9 Å². The first-order valence-electron chi connectivity index (χ1n) is 12.5. The Morgan fingerprint density at radius 1 is 1.26 bits per heavy atom. The number of ketones is 1. The molecule has 0 spiro atoms. The van der Waals surface area contributed by atoms with Crippen molar-refractivity contribution < 1.29 is 26.9 Å². The molecule has 12 nitrogen and oxygen atoms in total. The van der Waals surface area contributed by atoms with Crippen LogP contribution < -0.4 is 14.8 Å². The number of fused-ring (bicyclic) bond motifs is 1. The number of rotatable bonds is 9. The molecule has 0 saturated carbocycles. The summed E-state index contributed by atoms with van der Waals surface area (Å²) >= 11 is 0. The number of carbonyl (C=O) groups excluding carboxylic acids is 1. The molecule has 1 aromatic carbocycles. The van der Waals surface area contributed by atoms with Crippen molar-refractivity contribution >= 4 is 27.5 Å². The predicted octanol–water partition coefficient (Wildman–Crippen LogP) is 2.89. The van der Waals surface area contributed by atoms with Gasteiger partial charge in [-0.2, -0.15) is 14.6 Å². The normalized spacial score (nSPS) is 14.8. The van der Waals surface area contributed by atoms with Gasteiger partial charge in [0.05, 0.1) is 16.7 Å².